The van der Waals surface area contributed by atoms with Gasteiger partial charge in [-0.1, -0.05) is 30.2 Å². The standard InChI is InChI=1S/C25H29ClN6O2.ClH/c1-16-30-31-25-21(15-23(33)28-13-5-3-4-12-27)29-24(17-6-8-18(26)9-7-17)20-14-19(34-2)10-11-22(20)32(16)25;/h6-11,14,21H,3-5,12-13,15,27H2,1-2H3,(H,28,33);1H/t21-;/m0./s1. The minimum absolute atomic E-state index is 0. The molecule has 1 atom stereocenters. The Hall–Kier alpha value is -2.94. The topological polar surface area (TPSA) is 107 Å². The molecule has 4 rings (SSSR count). The maximum absolute atomic E-state index is 12.8. The zero-order valence-corrected chi connectivity index (χ0v) is 21.4. The lowest BCUT2D eigenvalue weighted by molar-refractivity contribution is -0.121. The van der Waals surface area contributed by atoms with Gasteiger partial charge in [0.25, 0.3) is 0 Å². The number of benzene rings is 2. The van der Waals surface area contributed by atoms with E-state index in [9.17, 15) is 4.79 Å². The first-order valence-corrected chi connectivity index (χ1v) is 11.8. The van der Waals surface area contributed by atoms with Crippen LogP contribution in [0.5, 0.6) is 5.75 Å². The second-order valence-corrected chi connectivity index (χ2v) is 8.66. The molecule has 186 valence electrons. The van der Waals surface area contributed by atoms with E-state index in [0.717, 1.165) is 47.6 Å². The van der Waals surface area contributed by atoms with Crippen LogP contribution in [0.1, 0.15) is 54.5 Å². The minimum atomic E-state index is -0.505. The number of rotatable bonds is 9. The number of methoxy groups -OCH3 is 1. The van der Waals surface area contributed by atoms with Gasteiger partial charge < -0.3 is 15.8 Å². The largest absolute Gasteiger partial charge is 0.497 e. The highest BCUT2D eigenvalue weighted by molar-refractivity contribution is 6.30. The highest BCUT2D eigenvalue weighted by atomic mass is 35.5. The third kappa shape index (κ3) is 6.01. The molecule has 0 aliphatic carbocycles. The van der Waals surface area contributed by atoms with Crippen molar-refractivity contribution in [3.8, 4) is 11.4 Å². The van der Waals surface area contributed by atoms with Gasteiger partial charge in [0.15, 0.2) is 5.82 Å². The number of ether oxygens (including phenoxy) is 1. The quantitative estimate of drug-likeness (QED) is 0.414. The number of nitrogens with two attached hydrogens (primary N) is 1. The summed E-state index contributed by atoms with van der Waals surface area (Å²) in [6, 6.07) is 12.8. The summed E-state index contributed by atoms with van der Waals surface area (Å²) in [6.45, 7) is 3.17. The van der Waals surface area contributed by atoms with Crippen molar-refractivity contribution in [1.29, 1.82) is 0 Å². The first kappa shape index (κ1) is 26.7. The number of carbonyl (C=O) groups excluding carboxylic acids is 1. The van der Waals surface area contributed by atoms with Crippen LogP contribution in [0.15, 0.2) is 47.5 Å². The highest BCUT2D eigenvalue weighted by Gasteiger charge is 2.30. The predicted octanol–water partition coefficient (Wildman–Crippen LogP) is 4.19. The van der Waals surface area contributed by atoms with Gasteiger partial charge in [-0.15, -0.1) is 22.6 Å². The van der Waals surface area contributed by atoms with Crippen LogP contribution < -0.4 is 15.8 Å². The lowest BCUT2D eigenvalue weighted by Crippen LogP contribution is -2.26. The first-order chi connectivity index (χ1) is 16.5. The summed E-state index contributed by atoms with van der Waals surface area (Å²) in [6.07, 6.45) is 3.01. The van der Waals surface area contributed by atoms with Gasteiger partial charge in [-0.25, -0.2) is 0 Å². The molecule has 0 radical (unpaired) electrons. The number of carbonyl (C=O) groups is 1. The van der Waals surface area contributed by atoms with E-state index >= 15 is 0 Å². The maximum Gasteiger partial charge on any atom is 0.222 e. The molecular weight excluding hydrogens is 487 g/mol. The van der Waals surface area contributed by atoms with Crippen molar-refractivity contribution in [2.75, 3.05) is 20.2 Å². The van der Waals surface area contributed by atoms with Crippen molar-refractivity contribution in [1.82, 2.24) is 20.1 Å². The fourth-order valence-electron chi connectivity index (χ4n) is 4.10. The highest BCUT2D eigenvalue weighted by Crippen LogP contribution is 2.34. The molecule has 3 aromatic rings. The van der Waals surface area contributed by atoms with Crippen molar-refractivity contribution in [2.24, 2.45) is 10.7 Å². The lowest BCUT2D eigenvalue weighted by Gasteiger charge is -2.14. The zero-order valence-electron chi connectivity index (χ0n) is 19.8. The molecule has 0 bridgehead atoms. The number of aryl methyl sites for hydroxylation is 1. The third-order valence-electron chi connectivity index (χ3n) is 5.83. The second-order valence-electron chi connectivity index (χ2n) is 8.23. The average molecular weight is 517 g/mol. The molecule has 8 nitrogen and oxygen atoms in total. The molecule has 1 aliphatic rings. The van der Waals surface area contributed by atoms with Crippen LogP contribution in [-0.4, -0.2) is 46.6 Å². The van der Waals surface area contributed by atoms with Gasteiger partial charge in [-0.2, -0.15) is 0 Å². The lowest BCUT2D eigenvalue weighted by atomic mass is 10.00. The molecule has 1 aromatic heterocycles. The normalized spacial score (nSPS) is 14.2. The molecule has 10 heteroatoms. The monoisotopic (exact) mass is 516 g/mol. The summed E-state index contributed by atoms with van der Waals surface area (Å²) in [4.78, 5) is 17.9. The van der Waals surface area contributed by atoms with Gasteiger partial charge >= 0.3 is 0 Å². The molecule has 35 heavy (non-hydrogen) atoms. The van der Waals surface area contributed by atoms with Crippen molar-refractivity contribution >= 4 is 35.6 Å². The van der Waals surface area contributed by atoms with Crippen molar-refractivity contribution in [3.05, 3.63) is 70.3 Å². The molecule has 0 fully saturated rings. The maximum atomic E-state index is 12.8. The first-order valence-electron chi connectivity index (χ1n) is 11.4. The van der Waals surface area contributed by atoms with Gasteiger partial charge in [0.2, 0.25) is 5.91 Å². The molecule has 0 unspecified atom stereocenters. The van der Waals surface area contributed by atoms with Crippen LogP contribution in [0.25, 0.3) is 5.69 Å². The molecule has 0 spiro atoms. The van der Waals surface area contributed by atoms with Crippen LogP contribution in [0, 0.1) is 6.92 Å². The number of fused-ring (bicyclic) bond motifs is 3. The summed E-state index contributed by atoms with van der Waals surface area (Å²) < 4.78 is 7.47. The number of aliphatic imine (C=N–C) groups is 1. The molecule has 0 saturated heterocycles. The zero-order chi connectivity index (χ0) is 24.1. The van der Waals surface area contributed by atoms with E-state index in [0.29, 0.717) is 29.7 Å². The van der Waals surface area contributed by atoms with Crippen LogP contribution in [-0.2, 0) is 4.79 Å². The Balaban J connectivity index is 0.00000342. The number of nitrogens with one attached hydrogen (secondary N) is 1. The molecular formula is C25H30Cl2N6O2. The Morgan fingerprint density at radius 3 is 2.63 bits per heavy atom. The van der Waals surface area contributed by atoms with E-state index in [2.05, 4.69) is 15.5 Å². The van der Waals surface area contributed by atoms with E-state index in [1.165, 1.54) is 0 Å². The Kier molecular flexibility index (Phi) is 9.26. The Bertz CT molecular complexity index is 1190. The number of nitrogens with zero attached hydrogens (tertiary/aromatic N) is 4. The third-order valence-corrected chi connectivity index (χ3v) is 6.08. The minimum Gasteiger partial charge on any atom is -0.497 e. The van der Waals surface area contributed by atoms with Gasteiger partial charge in [0.1, 0.15) is 17.6 Å². The van der Waals surface area contributed by atoms with E-state index in [1.54, 1.807) is 7.11 Å². The smallest absolute Gasteiger partial charge is 0.222 e. The number of unbranched alkanes of at least 4 members (excludes halogenated alkanes) is 2. The molecule has 3 N–H and O–H groups in total. The molecule has 2 aromatic carbocycles. The average Bonchev–Trinajstić information content (AvgIpc) is 3.16. The summed E-state index contributed by atoms with van der Waals surface area (Å²) in [5, 5.41) is 12.4. The number of hydrogen-bond acceptors (Lipinski definition) is 6. The SMILES string of the molecule is COc1ccc2c(c1)C(c1ccc(Cl)cc1)=N[C@@H](CC(=O)NCCCCCN)c1nnc(C)n1-2.Cl. The number of hydrogen-bond donors (Lipinski definition) is 2. The molecule has 2 heterocycles. The van der Waals surface area contributed by atoms with Crippen LogP contribution in [0.4, 0.5) is 0 Å². The Morgan fingerprint density at radius 1 is 1.14 bits per heavy atom. The van der Waals surface area contributed by atoms with E-state index in [-0.39, 0.29) is 24.7 Å². The van der Waals surface area contributed by atoms with Gasteiger partial charge in [0.05, 0.1) is 24.9 Å². The molecule has 1 aliphatic heterocycles. The van der Waals surface area contributed by atoms with Gasteiger partial charge in [0, 0.05) is 22.7 Å². The molecule has 0 saturated carbocycles. The molecule has 1 amide bonds. The number of aromatic nitrogens is 3. The summed E-state index contributed by atoms with van der Waals surface area (Å²) in [5.41, 5.74) is 8.94. The van der Waals surface area contributed by atoms with E-state index in [1.807, 2.05) is 54.0 Å². The van der Waals surface area contributed by atoms with Gasteiger partial charge in [-0.3, -0.25) is 14.4 Å². The van der Waals surface area contributed by atoms with Gasteiger partial charge in [-0.05, 0) is 56.6 Å². The number of halogens is 2. The predicted molar refractivity (Wildman–Crippen MR) is 140 cm³/mol. The van der Waals surface area contributed by atoms with E-state index < -0.39 is 6.04 Å². The van der Waals surface area contributed by atoms with Crippen molar-refractivity contribution < 1.29 is 9.53 Å². The van der Waals surface area contributed by atoms with Crippen LogP contribution in [0.2, 0.25) is 5.02 Å². The summed E-state index contributed by atoms with van der Waals surface area (Å²) in [5.74, 6) is 1.99. The fourth-order valence-corrected chi connectivity index (χ4v) is 4.22. The van der Waals surface area contributed by atoms with Crippen molar-refractivity contribution in [3.63, 3.8) is 0 Å². The number of amides is 1. The Morgan fingerprint density at radius 2 is 1.91 bits per heavy atom. The Labute approximate surface area is 216 Å². The van der Waals surface area contributed by atoms with Crippen LogP contribution >= 0.6 is 24.0 Å². The summed E-state index contributed by atoms with van der Waals surface area (Å²) >= 11 is 6.14. The fraction of sp³-hybridized carbons (Fsp3) is 0.360. The van der Waals surface area contributed by atoms with E-state index in [4.69, 9.17) is 27.1 Å². The van der Waals surface area contributed by atoms with Crippen molar-refractivity contribution in [2.45, 2.75) is 38.6 Å². The summed E-state index contributed by atoms with van der Waals surface area (Å²) in [7, 11) is 1.63. The van der Waals surface area contributed by atoms with Crippen LogP contribution in [0.3, 0.4) is 0 Å². The second kappa shape index (κ2) is 12.2.